The molecule has 2 aromatic rings. The molecule has 1 aromatic heterocycles. The Labute approximate surface area is 109 Å². The monoisotopic (exact) mass is 263 g/mol. The van der Waals surface area contributed by atoms with Crippen molar-refractivity contribution in [3.63, 3.8) is 0 Å². The summed E-state index contributed by atoms with van der Waals surface area (Å²) < 4.78 is 13.4. The van der Waals surface area contributed by atoms with Gasteiger partial charge in [0.15, 0.2) is 0 Å². The van der Waals surface area contributed by atoms with E-state index in [9.17, 15) is 4.39 Å². The van der Waals surface area contributed by atoms with E-state index in [2.05, 4.69) is 15.5 Å². The van der Waals surface area contributed by atoms with E-state index in [-0.39, 0.29) is 11.9 Å². The lowest BCUT2D eigenvalue weighted by molar-refractivity contribution is 0.579. The minimum Gasteiger partial charge on any atom is -0.353 e. The normalized spacial score (nSPS) is 18.4. The molecule has 0 bridgehead atoms. The molecule has 1 unspecified atom stereocenters. The Kier molecular flexibility index (Phi) is 2.99. The number of aromatic nitrogens is 2. The first kappa shape index (κ1) is 11.6. The van der Waals surface area contributed by atoms with Crippen LogP contribution in [0.3, 0.4) is 0 Å². The van der Waals surface area contributed by atoms with Gasteiger partial charge in [0.1, 0.15) is 10.8 Å². The van der Waals surface area contributed by atoms with Crippen LogP contribution in [0.2, 0.25) is 0 Å². The summed E-state index contributed by atoms with van der Waals surface area (Å²) in [5.41, 5.74) is 2.30. The fourth-order valence-corrected chi connectivity index (χ4v) is 3.07. The Bertz CT molecular complexity index is 567. The molecule has 1 aliphatic rings. The third-order valence-electron chi connectivity index (χ3n) is 3.25. The number of halogens is 1. The Balaban J connectivity index is 1.88. The van der Waals surface area contributed by atoms with E-state index >= 15 is 0 Å². The third kappa shape index (κ3) is 2.22. The van der Waals surface area contributed by atoms with E-state index in [4.69, 9.17) is 0 Å². The Hall–Kier alpha value is -1.49. The zero-order valence-corrected chi connectivity index (χ0v) is 10.9. The summed E-state index contributed by atoms with van der Waals surface area (Å²) in [6.07, 6.45) is 3.16. The van der Waals surface area contributed by atoms with Crippen LogP contribution in [0.1, 0.15) is 35.0 Å². The first-order valence-corrected chi connectivity index (χ1v) is 6.89. The summed E-state index contributed by atoms with van der Waals surface area (Å²) in [7, 11) is 0. The van der Waals surface area contributed by atoms with Crippen LogP contribution in [-0.4, -0.2) is 10.2 Å². The molecule has 5 heteroatoms. The average Bonchev–Trinajstić information content (AvgIpc) is 2.76. The zero-order chi connectivity index (χ0) is 12.5. The minimum absolute atomic E-state index is 0.150. The highest BCUT2D eigenvalue weighted by Gasteiger charge is 2.21. The fraction of sp³-hybridized carbons (Fsp3) is 0.385. The highest BCUT2D eigenvalue weighted by atomic mass is 32.1. The van der Waals surface area contributed by atoms with E-state index in [0.29, 0.717) is 0 Å². The van der Waals surface area contributed by atoms with Crippen molar-refractivity contribution >= 4 is 16.5 Å². The molecule has 1 aliphatic carbocycles. The van der Waals surface area contributed by atoms with Crippen molar-refractivity contribution in [3.8, 4) is 0 Å². The number of rotatable bonds is 2. The molecule has 1 aromatic carbocycles. The lowest BCUT2D eigenvalue weighted by Gasteiger charge is -2.26. The number of aryl methyl sites for hydroxylation is 2. The van der Waals surface area contributed by atoms with E-state index in [1.165, 1.54) is 23.0 Å². The van der Waals surface area contributed by atoms with Gasteiger partial charge in [-0.3, -0.25) is 0 Å². The number of anilines is 1. The molecular formula is C13H14FN3S. The topological polar surface area (TPSA) is 37.8 Å². The van der Waals surface area contributed by atoms with Gasteiger partial charge in [0, 0.05) is 0 Å². The molecule has 0 saturated carbocycles. The van der Waals surface area contributed by atoms with Gasteiger partial charge in [-0.15, -0.1) is 10.2 Å². The lowest BCUT2D eigenvalue weighted by atomic mass is 9.88. The van der Waals surface area contributed by atoms with Gasteiger partial charge in [0.2, 0.25) is 5.13 Å². The molecule has 0 radical (unpaired) electrons. The van der Waals surface area contributed by atoms with Crippen LogP contribution in [0.5, 0.6) is 0 Å². The summed E-state index contributed by atoms with van der Waals surface area (Å²) >= 11 is 1.53. The second kappa shape index (κ2) is 4.65. The Morgan fingerprint density at radius 1 is 1.39 bits per heavy atom. The van der Waals surface area contributed by atoms with E-state index in [0.717, 1.165) is 35.0 Å². The number of hydrogen-bond donors (Lipinski definition) is 1. The van der Waals surface area contributed by atoms with Gasteiger partial charge in [0.25, 0.3) is 0 Å². The maximum absolute atomic E-state index is 13.4. The molecule has 0 saturated heterocycles. The van der Waals surface area contributed by atoms with Crippen LogP contribution >= 0.6 is 11.3 Å². The van der Waals surface area contributed by atoms with Crippen molar-refractivity contribution in [1.29, 1.82) is 0 Å². The van der Waals surface area contributed by atoms with Crippen molar-refractivity contribution in [1.82, 2.24) is 10.2 Å². The average molecular weight is 263 g/mol. The third-order valence-corrected chi connectivity index (χ3v) is 4.02. The Morgan fingerprint density at radius 2 is 2.28 bits per heavy atom. The zero-order valence-electron chi connectivity index (χ0n) is 10.1. The molecule has 0 aliphatic heterocycles. The fourth-order valence-electron chi connectivity index (χ4n) is 2.42. The van der Waals surface area contributed by atoms with Gasteiger partial charge in [-0.05, 0) is 49.4 Å². The van der Waals surface area contributed by atoms with Crippen molar-refractivity contribution in [2.24, 2.45) is 0 Å². The van der Waals surface area contributed by atoms with E-state index in [1.807, 2.05) is 13.0 Å². The van der Waals surface area contributed by atoms with Crippen LogP contribution in [0.15, 0.2) is 18.2 Å². The van der Waals surface area contributed by atoms with Gasteiger partial charge in [-0.1, -0.05) is 17.4 Å². The molecule has 0 spiro atoms. The number of nitrogens with one attached hydrogen (secondary N) is 1. The van der Waals surface area contributed by atoms with Crippen LogP contribution in [-0.2, 0) is 6.42 Å². The maximum atomic E-state index is 13.4. The van der Waals surface area contributed by atoms with Gasteiger partial charge in [-0.2, -0.15) is 0 Å². The van der Waals surface area contributed by atoms with E-state index < -0.39 is 0 Å². The summed E-state index contributed by atoms with van der Waals surface area (Å²) in [5, 5.41) is 13.2. The molecule has 0 fully saturated rings. The molecule has 3 rings (SSSR count). The molecule has 1 N–H and O–H groups in total. The first-order chi connectivity index (χ1) is 8.72. The maximum Gasteiger partial charge on any atom is 0.206 e. The standard InChI is InChI=1S/C13H14FN3S/c1-8-16-17-13(18-8)15-12-4-2-3-9-5-6-10(14)7-11(9)12/h5-7,12H,2-4H2,1H3,(H,15,17). The number of benzene rings is 1. The van der Waals surface area contributed by atoms with Gasteiger partial charge in [0.05, 0.1) is 6.04 Å². The highest BCUT2D eigenvalue weighted by Crippen LogP contribution is 2.33. The summed E-state index contributed by atoms with van der Waals surface area (Å²) in [5.74, 6) is -0.170. The van der Waals surface area contributed by atoms with Crippen LogP contribution in [0.4, 0.5) is 9.52 Å². The Morgan fingerprint density at radius 3 is 3.06 bits per heavy atom. The summed E-state index contributed by atoms with van der Waals surface area (Å²) in [4.78, 5) is 0. The SMILES string of the molecule is Cc1nnc(NC2CCCc3ccc(F)cc32)s1. The molecular weight excluding hydrogens is 249 g/mol. The van der Waals surface area contributed by atoms with Crippen molar-refractivity contribution < 1.29 is 4.39 Å². The van der Waals surface area contributed by atoms with E-state index in [1.54, 1.807) is 6.07 Å². The molecule has 0 amide bonds. The van der Waals surface area contributed by atoms with Crippen LogP contribution < -0.4 is 5.32 Å². The van der Waals surface area contributed by atoms with Gasteiger partial charge < -0.3 is 5.32 Å². The smallest absolute Gasteiger partial charge is 0.206 e. The largest absolute Gasteiger partial charge is 0.353 e. The van der Waals surface area contributed by atoms with Crippen molar-refractivity contribution in [2.75, 3.05) is 5.32 Å². The second-order valence-electron chi connectivity index (χ2n) is 4.56. The molecule has 3 nitrogen and oxygen atoms in total. The van der Waals surface area contributed by atoms with Gasteiger partial charge in [-0.25, -0.2) is 4.39 Å². The predicted molar refractivity (Wildman–Crippen MR) is 70.3 cm³/mol. The molecule has 1 atom stereocenters. The number of nitrogens with zero attached hydrogens (tertiary/aromatic N) is 2. The van der Waals surface area contributed by atoms with Gasteiger partial charge >= 0.3 is 0 Å². The number of fused-ring (bicyclic) bond motifs is 1. The van der Waals surface area contributed by atoms with Crippen molar-refractivity contribution in [3.05, 3.63) is 40.2 Å². The summed E-state index contributed by atoms with van der Waals surface area (Å²) in [6.45, 7) is 1.93. The van der Waals surface area contributed by atoms with Crippen molar-refractivity contribution in [2.45, 2.75) is 32.2 Å². The molecule has 94 valence electrons. The quantitative estimate of drug-likeness (QED) is 0.901. The first-order valence-electron chi connectivity index (χ1n) is 6.07. The lowest BCUT2D eigenvalue weighted by Crippen LogP contribution is -2.17. The molecule has 1 heterocycles. The van der Waals surface area contributed by atoms with Crippen LogP contribution in [0, 0.1) is 12.7 Å². The highest BCUT2D eigenvalue weighted by molar-refractivity contribution is 7.15. The van der Waals surface area contributed by atoms with Crippen LogP contribution in [0.25, 0.3) is 0 Å². The summed E-state index contributed by atoms with van der Waals surface area (Å²) in [6, 6.07) is 5.22. The number of hydrogen-bond acceptors (Lipinski definition) is 4. The minimum atomic E-state index is -0.170. The predicted octanol–water partition coefficient (Wildman–Crippen LogP) is 3.48. The second-order valence-corrected chi connectivity index (χ2v) is 5.74. The molecule has 18 heavy (non-hydrogen) atoms.